The summed E-state index contributed by atoms with van der Waals surface area (Å²) in [5, 5.41) is 6.03. The molecule has 4 nitrogen and oxygen atoms in total. The number of hydrogen-bond donors (Lipinski definition) is 2. The van der Waals surface area contributed by atoms with Crippen molar-refractivity contribution in [2.75, 3.05) is 5.32 Å². The highest BCUT2D eigenvalue weighted by atomic mass is 35.6. The Bertz CT molecular complexity index is 563. The fraction of sp³-hybridized carbons (Fsp3) is 0.273. The summed E-state index contributed by atoms with van der Waals surface area (Å²) in [6.45, 7) is 1.35. The van der Waals surface area contributed by atoms with Crippen molar-refractivity contribution in [1.29, 1.82) is 0 Å². The molecule has 0 saturated carbocycles. The van der Waals surface area contributed by atoms with Crippen molar-refractivity contribution < 1.29 is 4.79 Å². The highest BCUT2D eigenvalue weighted by Gasteiger charge is 2.34. The van der Waals surface area contributed by atoms with Crippen molar-refractivity contribution in [3.8, 4) is 0 Å². The Morgan fingerprint density at radius 3 is 2.63 bits per heavy atom. The Labute approximate surface area is 129 Å². The fourth-order valence-electron chi connectivity index (χ4n) is 1.46. The zero-order valence-corrected chi connectivity index (χ0v) is 12.9. The molecule has 0 saturated heterocycles. The van der Waals surface area contributed by atoms with E-state index in [-0.39, 0.29) is 5.91 Å². The summed E-state index contributed by atoms with van der Waals surface area (Å²) in [4.78, 5) is 15.5. The molecule has 0 aliphatic heterocycles. The molecule has 1 atom stereocenters. The van der Waals surface area contributed by atoms with Crippen LogP contribution in [-0.2, 0) is 4.79 Å². The molecular formula is C11H10Cl3N3OS. The number of carbonyl (C=O) groups is 1. The summed E-state index contributed by atoms with van der Waals surface area (Å²) in [5.41, 5.74) is 0.848. The third kappa shape index (κ3) is 3.86. The molecule has 1 unspecified atom stereocenters. The first kappa shape index (κ1) is 14.7. The number of anilines is 1. The molecule has 1 heterocycles. The van der Waals surface area contributed by atoms with E-state index in [1.807, 2.05) is 24.3 Å². The normalized spacial score (nSPS) is 13.3. The highest BCUT2D eigenvalue weighted by molar-refractivity contribution is 7.22. The molecule has 2 aromatic rings. The molecule has 0 fully saturated rings. The van der Waals surface area contributed by atoms with Crippen LogP contribution >= 0.6 is 46.1 Å². The molecule has 0 aliphatic carbocycles. The number of thiazole rings is 1. The van der Waals surface area contributed by atoms with E-state index >= 15 is 0 Å². The summed E-state index contributed by atoms with van der Waals surface area (Å²) < 4.78 is -0.667. The molecule has 0 spiro atoms. The quantitative estimate of drug-likeness (QED) is 0.665. The standard InChI is InChI=1S/C11H10Cl3N3OS/c1-6(18)15-9(11(12,13)14)17-10-16-7-4-2-3-5-8(7)19-10/h2-5,9H,1H3,(H,15,18)(H,16,17). The smallest absolute Gasteiger partial charge is 0.228 e. The molecule has 2 N–H and O–H groups in total. The Kier molecular flexibility index (Phi) is 4.40. The van der Waals surface area contributed by atoms with Crippen LogP contribution in [0.4, 0.5) is 5.13 Å². The van der Waals surface area contributed by atoms with Crippen molar-refractivity contribution in [2.45, 2.75) is 16.9 Å². The number of fused-ring (bicyclic) bond motifs is 1. The van der Waals surface area contributed by atoms with Crippen LogP contribution in [0.25, 0.3) is 10.2 Å². The summed E-state index contributed by atoms with van der Waals surface area (Å²) in [7, 11) is 0. The van der Waals surface area contributed by atoms with Crippen LogP contribution in [0.1, 0.15) is 6.92 Å². The first-order chi connectivity index (χ1) is 8.86. The number of nitrogens with one attached hydrogen (secondary N) is 2. The first-order valence-corrected chi connectivity index (χ1v) is 7.27. The second-order valence-corrected chi connectivity index (χ2v) is 7.21. The van der Waals surface area contributed by atoms with Gasteiger partial charge in [0.05, 0.1) is 10.2 Å². The van der Waals surface area contributed by atoms with Crippen LogP contribution in [-0.4, -0.2) is 20.8 Å². The van der Waals surface area contributed by atoms with Crippen LogP contribution in [0.3, 0.4) is 0 Å². The molecule has 102 valence electrons. The number of rotatable bonds is 3. The second kappa shape index (κ2) is 5.71. The monoisotopic (exact) mass is 337 g/mol. The average molecular weight is 339 g/mol. The van der Waals surface area contributed by atoms with Crippen LogP contribution in [0.2, 0.25) is 0 Å². The number of hydrogen-bond acceptors (Lipinski definition) is 4. The number of alkyl halides is 3. The number of benzene rings is 1. The minimum Gasteiger partial charge on any atom is -0.338 e. The van der Waals surface area contributed by atoms with E-state index in [0.717, 1.165) is 10.2 Å². The van der Waals surface area contributed by atoms with Gasteiger partial charge in [0.25, 0.3) is 0 Å². The third-order valence-corrected chi connectivity index (χ3v) is 3.86. The number of nitrogens with zero attached hydrogens (tertiary/aromatic N) is 1. The van der Waals surface area contributed by atoms with Gasteiger partial charge in [-0.2, -0.15) is 0 Å². The lowest BCUT2D eigenvalue weighted by Crippen LogP contribution is -2.48. The van der Waals surface area contributed by atoms with Gasteiger partial charge in [0.15, 0.2) is 5.13 Å². The van der Waals surface area contributed by atoms with Crippen molar-refractivity contribution in [3.05, 3.63) is 24.3 Å². The highest BCUT2D eigenvalue weighted by Crippen LogP contribution is 2.33. The molecule has 8 heteroatoms. The van der Waals surface area contributed by atoms with Gasteiger partial charge in [-0.3, -0.25) is 4.79 Å². The third-order valence-electron chi connectivity index (χ3n) is 2.24. The summed E-state index contributed by atoms with van der Waals surface area (Å²) >= 11 is 18.9. The van der Waals surface area contributed by atoms with Gasteiger partial charge in [-0.15, -0.1) is 0 Å². The van der Waals surface area contributed by atoms with Gasteiger partial charge in [-0.25, -0.2) is 4.98 Å². The molecular weight excluding hydrogens is 329 g/mol. The molecule has 1 amide bonds. The van der Waals surface area contributed by atoms with Crippen LogP contribution in [0, 0.1) is 0 Å². The van der Waals surface area contributed by atoms with Gasteiger partial charge in [-0.1, -0.05) is 58.3 Å². The number of para-hydroxylation sites is 1. The van der Waals surface area contributed by atoms with E-state index in [4.69, 9.17) is 34.8 Å². The largest absolute Gasteiger partial charge is 0.338 e. The first-order valence-electron chi connectivity index (χ1n) is 5.32. The van der Waals surface area contributed by atoms with Gasteiger partial charge >= 0.3 is 0 Å². The Hall–Kier alpha value is -0.750. The molecule has 1 aromatic heterocycles. The van der Waals surface area contributed by atoms with Crippen molar-refractivity contribution in [3.63, 3.8) is 0 Å². The van der Waals surface area contributed by atoms with Gasteiger partial charge in [0.1, 0.15) is 6.17 Å². The Balaban J connectivity index is 2.23. The predicted octanol–water partition coefficient (Wildman–Crippen LogP) is 3.54. The fourth-order valence-corrected chi connectivity index (χ4v) is 2.68. The lowest BCUT2D eigenvalue weighted by atomic mass is 10.3. The van der Waals surface area contributed by atoms with E-state index in [9.17, 15) is 4.79 Å². The molecule has 0 radical (unpaired) electrons. The molecule has 2 rings (SSSR count). The van der Waals surface area contributed by atoms with Gasteiger partial charge in [-0.05, 0) is 12.1 Å². The van der Waals surface area contributed by atoms with Crippen LogP contribution in [0.5, 0.6) is 0 Å². The van der Waals surface area contributed by atoms with Crippen molar-refractivity contribution in [1.82, 2.24) is 10.3 Å². The maximum absolute atomic E-state index is 11.1. The lowest BCUT2D eigenvalue weighted by Gasteiger charge is -2.25. The topological polar surface area (TPSA) is 54.0 Å². The van der Waals surface area contributed by atoms with E-state index < -0.39 is 9.96 Å². The van der Waals surface area contributed by atoms with Crippen LogP contribution < -0.4 is 10.6 Å². The van der Waals surface area contributed by atoms with Crippen molar-refractivity contribution in [2.24, 2.45) is 0 Å². The molecule has 0 bridgehead atoms. The zero-order valence-electron chi connectivity index (χ0n) is 9.78. The van der Waals surface area contributed by atoms with Crippen molar-refractivity contribution >= 4 is 67.4 Å². The van der Waals surface area contributed by atoms with E-state index in [1.165, 1.54) is 18.3 Å². The minimum atomic E-state index is -1.68. The van der Waals surface area contributed by atoms with Crippen LogP contribution in [0.15, 0.2) is 24.3 Å². The lowest BCUT2D eigenvalue weighted by molar-refractivity contribution is -0.119. The minimum absolute atomic E-state index is 0.301. The molecule has 19 heavy (non-hydrogen) atoms. The zero-order chi connectivity index (χ0) is 14.0. The van der Waals surface area contributed by atoms with E-state index in [0.29, 0.717) is 5.13 Å². The SMILES string of the molecule is CC(=O)NC(Nc1nc2ccccc2s1)C(Cl)(Cl)Cl. The number of amides is 1. The summed E-state index contributed by atoms with van der Waals surface area (Å²) in [6, 6.07) is 7.65. The van der Waals surface area contributed by atoms with E-state index in [2.05, 4.69) is 15.6 Å². The van der Waals surface area contributed by atoms with E-state index in [1.54, 1.807) is 0 Å². The molecule has 0 aliphatic rings. The Morgan fingerprint density at radius 1 is 1.37 bits per heavy atom. The number of halogens is 3. The predicted molar refractivity (Wildman–Crippen MR) is 81.1 cm³/mol. The number of carbonyl (C=O) groups excluding carboxylic acids is 1. The van der Waals surface area contributed by atoms with Gasteiger partial charge in [0, 0.05) is 6.92 Å². The summed E-state index contributed by atoms with van der Waals surface area (Å²) in [6.07, 6.45) is -0.851. The molecule has 1 aromatic carbocycles. The maximum atomic E-state index is 11.1. The second-order valence-electron chi connectivity index (χ2n) is 3.81. The Morgan fingerprint density at radius 2 is 2.05 bits per heavy atom. The van der Waals surface area contributed by atoms with Gasteiger partial charge < -0.3 is 10.6 Å². The summed E-state index contributed by atoms with van der Waals surface area (Å²) in [5.74, 6) is -0.301. The number of aromatic nitrogens is 1. The average Bonchev–Trinajstić information content (AvgIpc) is 2.68. The van der Waals surface area contributed by atoms with Gasteiger partial charge in [0.2, 0.25) is 9.70 Å². The maximum Gasteiger partial charge on any atom is 0.228 e.